The molecule has 0 unspecified atom stereocenters. The van der Waals surface area contributed by atoms with E-state index < -0.39 is 0 Å². The minimum Gasteiger partial charge on any atom is -0.497 e. The van der Waals surface area contributed by atoms with Crippen LogP contribution in [0.5, 0.6) is 5.75 Å². The topological polar surface area (TPSA) is 73.1 Å². The molecule has 0 fully saturated rings. The maximum atomic E-state index is 11.5. The molecule has 4 rings (SSSR count). The lowest BCUT2D eigenvalue weighted by atomic mass is 10.2. The van der Waals surface area contributed by atoms with E-state index in [0.29, 0.717) is 24.6 Å². The number of nitrogens with zero attached hydrogens (tertiary/aromatic N) is 5. The van der Waals surface area contributed by atoms with Gasteiger partial charge in [0.2, 0.25) is 0 Å². The van der Waals surface area contributed by atoms with Gasteiger partial charge in [-0.15, -0.1) is 0 Å². The van der Waals surface area contributed by atoms with Crippen molar-refractivity contribution in [2.24, 2.45) is 0 Å². The van der Waals surface area contributed by atoms with Gasteiger partial charge in [0.1, 0.15) is 17.3 Å². The Hall–Kier alpha value is -3.22. The standard InChI is InChI=1S/C19H19N5O2/c1-13(25)17-7-20-8-19(21-17)23-10-15-11-24(22-18(15)12-23)9-14-3-5-16(26-2)6-4-14/h3-8,11H,9-10,12H2,1-2H3. The molecule has 7 heteroatoms. The molecular formula is C19H19N5O2. The Bertz CT molecular complexity index is 925. The van der Waals surface area contributed by atoms with Gasteiger partial charge in [0, 0.05) is 25.2 Å². The maximum Gasteiger partial charge on any atom is 0.179 e. The highest BCUT2D eigenvalue weighted by molar-refractivity contribution is 5.92. The predicted octanol–water partition coefficient (Wildman–Crippen LogP) is 2.45. The molecule has 0 saturated carbocycles. The summed E-state index contributed by atoms with van der Waals surface area (Å²) in [6.07, 6.45) is 5.25. The minimum absolute atomic E-state index is 0.0824. The van der Waals surface area contributed by atoms with Crippen LogP contribution in [0.25, 0.3) is 0 Å². The van der Waals surface area contributed by atoms with E-state index in [2.05, 4.69) is 21.1 Å². The van der Waals surface area contributed by atoms with Crippen molar-refractivity contribution < 1.29 is 9.53 Å². The van der Waals surface area contributed by atoms with E-state index in [-0.39, 0.29) is 5.78 Å². The Labute approximate surface area is 151 Å². The molecule has 0 spiro atoms. The van der Waals surface area contributed by atoms with Gasteiger partial charge < -0.3 is 9.64 Å². The summed E-state index contributed by atoms with van der Waals surface area (Å²) in [5.74, 6) is 1.47. The number of methoxy groups -OCH3 is 1. The number of anilines is 1. The quantitative estimate of drug-likeness (QED) is 0.659. The third-order valence-electron chi connectivity index (χ3n) is 4.44. The number of hydrogen-bond acceptors (Lipinski definition) is 6. The highest BCUT2D eigenvalue weighted by atomic mass is 16.5. The molecule has 1 aliphatic rings. The van der Waals surface area contributed by atoms with Gasteiger partial charge in [-0.05, 0) is 17.7 Å². The second-order valence-electron chi connectivity index (χ2n) is 6.32. The third kappa shape index (κ3) is 3.15. The van der Waals surface area contributed by atoms with E-state index in [1.54, 1.807) is 13.3 Å². The first-order valence-corrected chi connectivity index (χ1v) is 8.38. The first kappa shape index (κ1) is 16.3. The number of rotatable bonds is 5. The van der Waals surface area contributed by atoms with Crippen molar-refractivity contribution in [1.29, 1.82) is 0 Å². The normalized spacial score (nSPS) is 12.9. The molecule has 0 atom stereocenters. The van der Waals surface area contributed by atoms with Crippen molar-refractivity contribution in [3.05, 3.63) is 65.4 Å². The maximum absolute atomic E-state index is 11.5. The van der Waals surface area contributed by atoms with Crippen molar-refractivity contribution in [2.75, 3.05) is 12.0 Å². The molecule has 2 aromatic heterocycles. The van der Waals surface area contributed by atoms with E-state index in [4.69, 9.17) is 9.84 Å². The highest BCUT2D eigenvalue weighted by Crippen LogP contribution is 2.26. The smallest absolute Gasteiger partial charge is 0.179 e. The van der Waals surface area contributed by atoms with Crippen LogP contribution in [0.2, 0.25) is 0 Å². The van der Waals surface area contributed by atoms with Crippen LogP contribution in [-0.2, 0) is 19.6 Å². The van der Waals surface area contributed by atoms with E-state index >= 15 is 0 Å². The molecule has 3 heterocycles. The Morgan fingerprint density at radius 1 is 1.19 bits per heavy atom. The van der Waals surface area contributed by atoms with Gasteiger partial charge in [0.15, 0.2) is 5.78 Å². The average molecular weight is 349 g/mol. The number of aromatic nitrogens is 4. The number of carbonyl (C=O) groups is 1. The fraction of sp³-hybridized carbons (Fsp3) is 0.263. The zero-order valence-electron chi connectivity index (χ0n) is 14.7. The summed E-state index contributed by atoms with van der Waals surface area (Å²) in [6, 6.07) is 7.99. The Morgan fingerprint density at radius 2 is 2.00 bits per heavy atom. The lowest BCUT2D eigenvalue weighted by Crippen LogP contribution is -2.18. The van der Waals surface area contributed by atoms with Crippen LogP contribution in [0, 0.1) is 0 Å². The van der Waals surface area contributed by atoms with Crippen LogP contribution < -0.4 is 9.64 Å². The van der Waals surface area contributed by atoms with Crippen LogP contribution in [0.4, 0.5) is 5.82 Å². The Balaban J connectivity index is 1.47. The lowest BCUT2D eigenvalue weighted by Gasteiger charge is -2.16. The largest absolute Gasteiger partial charge is 0.497 e. The van der Waals surface area contributed by atoms with Crippen LogP contribution >= 0.6 is 0 Å². The summed E-state index contributed by atoms with van der Waals surface area (Å²) < 4.78 is 7.15. The number of fused-ring (bicyclic) bond motifs is 1. The zero-order valence-corrected chi connectivity index (χ0v) is 14.7. The van der Waals surface area contributed by atoms with Crippen molar-refractivity contribution in [3.8, 4) is 5.75 Å². The van der Waals surface area contributed by atoms with Gasteiger partial charge in [-0.2, -0.15) is 5.10 Å². The molecule has 0 radical (unpaired) electrons. The average Bonchev–Trinajstić information content (AvgIpc) is 3.21. The Kier molecular flexibility index (Phi) is 4.12. The molecule has 7 nitrogen and oxygen atoms in total. The summed E-state index contributed by atoms with van der Waals surface area (Å²) in [6.45, 7) is 3.60. The SMILES string of the molecule is COc1ccc(Cn2cc3c(n2)CN(c2cncc(C(C)=O)n2)C3)cc1. The first-order chi connectivity index (χ1) is 12.6. The van der Waals surface area contributed by atoms with Gasteiger partial charge in [0.05, 0.1) is 38.3 Å². The van der Waals surface area contributed by atoms with E-state index in [1.165, 1.54) is 24.2 Å². The number of Topliss-reactive ketones (excluding diaryl/α,β-unsaturated/α-hetero) is 1. The van der Waals surface area contributed by atoms with Crippen molar-refractivity contribution in [1.82, 2.24) is 19.7 Å². The van der Waals surface area contributed by atoms with Gasteiger partial charge in [-0.1, -0.05) is 12.1 Å². The third-order valence-corrected chi connectivity index (χ3v) is 4.44. The number of ether oxygens (including phenoxy) is 1. The molecule has 3 aromatic rings. The monoisotopic (exact) mass is 349 g/mol. The van der Waals surface area contributed by atoms with Crippen LogP contribution in [0.15, 0.2) is 42.9 Å². The van der Waals surface area contributed by atoms with E-state index in [9.17, 15) is 4.79 Å². The summed E-state index contributed by atoms with van der Waals surface area (Å²) in [5.41, 5.74) is 3.77. The molecule has 0 saturated heterocycles. The highest BCUT2D eigenvalue weighted by Gasteiger charge is 2.24. The van der Waals surface area contributed by atoms with E-state index in [1.807, 2.05) is 28.9 Å². The first-order valence-electron chi connectivity index (χ1n) is 8.38. The van der Waals surface area contributed by atoms with Crippen LogP contribution in [-0.4, -0.2) is 32.6 Å². The summed E-state index contributed by atoms with van der Waals surface area (Å²) in [5, 5.41) is 4.69. The lowest BCUT2D eigenvalue weighted by molar-refractivity contribution is 0.101. The number of benzene rings is 1. The van der Waals surface area contributed by atoms with Crippen molar-refractivity contribution >= 4 is 11.6 Å². The Morgan fingerprint density at radius 3 is 2.69 bits per heavy atom. The number of hydrogen-bond donors (Lipinski definition) is 0. The number of ketones is 1. The second-order valence-corrected chi connectivity index (χ2v) is 6.32. The fourth-order valence-corrected chi connectivity index (χ4v) is 3.05. The van der Waals surface area contributed by atoms with Crippen molar-refractivity contribution in [2.45, 2.75) is 26.6 Å². The molecule has 26 heavy (non-hydrogen) atoms. The molecule has 0 amide bonds. The second kappa shape index (κ2) is 6.59. The molecule has 132 valence electrons. The van der Waals surface area contributed by atoms with Gasteiger partial charge in [0.25, 0.3) is 0 Å². The molecule has 0 bridgehead atoms. The summed E-state index contributed by atoms with van der Waals surface area (Å²) in [7, 11) is 1.66. The van der Waals surface area contributed by atoms with E-state index in [0.717, 1.165) is 18.0 Å². The minimum atomic E-state index is -0.0824. The van der Waals surface area contributed by atoms with Gasteiger partial charge in [-0.3, -0.25) is 14.5 Å². The summed E-state index contributed by atoms with van der Waals surface area (Å²) in [4.78, 5) is 22.1. The molecule has 1 aliphatic heterocycles. The molecule has 0 N–H and O–H groups in total. The summed E-state index contributed by atoms with van der Waals surface area (Å²) >= 11 is 0. The molecule has 0 aliphatic carbocycles. The predicted molar refractivity (Wildman–Crippen MR) is 96.2 cm³/mol. The zero-order chi connectivity index (χ0) is 18.1. The van der Waals surface area contributed by atoms with Crippen LogP contribution in [0.3, 0.4) is 0 Å². The molecule has 1 aromatic carbocycles. The molecular weight excluding hydrogens is 330 g/mol. The van der Waals surface area contributed by atoms with Gasteiger partial charge in [-0.25, -0.2) is 4.98 Å². The van der Waals surface area contributed by atoms with Gasteiger partial charge >= 0.3 is 0 Å². The van der Waals surface area contributed by atoms with Crippen LogP contribution in [0.1, 0.15) is 34.2 Å². The van der Waals surface area contributed by atoms with Crippen molar-refractivity contribution in [3.63, 3.8) is 0 Å². The number of carbonyl (C=O) groups excluding carboxylic acids is 1. The fourth-order valence-electron chi connectivity index (χ4n) is 3.05.